The Morgan fingerprint density at radius 3 is 1.88 bits per heavy atom. The van der Waals surface area contributed by atoms with E-state index in [2.05, 4.69) is 108 Å². The lowest BCUT2D eigenvalue weighted by Gasteiger charge is -2.55. The van der Waals surface area contributed by atoms with Crippen molar-refractivity contribution in [2.45, 2.75) is 33.0 Å². The van der Waals surface area contributed by atoms with Gasteiger partial charge in [0.2, 0.25) is 5.12 Å². The maximum atomic E-state index is 14.3. The highest BCUT2D eigenvalue weighted by molar-refractivity contribution is 9.10. The first-order valence-corrected chi connectivity index (χ1v) is 18.6. The molecule has 2 bridgehead atoms. The third-order valence-corrected chi connectivity index (χ3v) is 22.2. The number of carbonyl (C=O) groups is 1. The van der Waals surface area contributed by atoms with Gasteiger partial charge in [0.25, 0.3) is 0 Å². The minimum Gasteiger partial charge on any atom is -0.285 e. The largest absolute Gasteiger partial charge is 0.285 e. The van der Waals surface area contributed by atoms with Crippen molar-refractivity contribution in [3.8, 4) is 0 Å². The molecule has 0 aliphatic carbocycles. The number of rotatable bonds is 4. The number of thioether (sulfide) groups is 2. The Balaban J connectivity index is 1.91. The van der Waals surface area contributed by atoms with E-state index in [1.165, 1.54) is 17.3 Å². The molecule has 1 nitrogen and oxygen atoms in total. The smallest absolute Gasteiger partial charge is 0.212 e. The van der Waals surface area contributed by atoms with E-state index in [-0.39, 0.29) is 5.12 Å². The van der Waals surface area contributed by atoms with E-state index in [0.717, 1.165) is 15.6 Å². The van der Waals surface area contributed by atoms with Crippen LogP contribution in [0.2, 0.25) is 19.6 Å². The van der Waals surface area contributed by atoms with Gasteiger partial charge < -0.3 is 0 Å². The number of hydrogen-bond acceptors (Lipinski definition) is 3. The molecule has 7 heteroatoms. The Hall–Kier alpha value is -0.553. The van der Waals surface area contributed by atoms with Crippen LogP contribution in [-0.4, -0.2) is 13.2 Å². The molecule has 0 spiro atoms. The molecule has 0 aromatic heterocycles. The van der Waals surface area contributed by atoms with E-state index in [4.69, 9.17) is 11.2 Å². The van der Waals surface area contributed by atoms with Crippen LogP contribution in [0.5, 0.6) is 0 Å². The molecule has 4 atom stereocenters. The average Bonchev–Trinajstić information content (AvgIpc) is 3.22. The van der Waals surface area contributed by atoms with Crippen LogP contribution in [0.3, 0.4) is 0 Å². The highest BCUT2D eigenvalue weighted by atomic mass is 79.9. The lowest BCUT2D eigenvalue weighted by Crippen LogP contribution is -2.60. The summed E-state index contributed by atoms with van der Waals surface area (Å²) in [4.78, 5) is 14.3. The lowest BCUT2D eigenvalue weighted by molar-refractivity contribution is -0.113. The minimum atomic E-state index is -2.09. The molecular formula is C25H23BrClOPS2Si. The zero-order valence-corrected chi connectivity index (χ0v) is 23.9. The summed E-state index contributed by atoms with van der Waals surface area (Å²) in [5.74, 6) is 0. The normalized spacial score (nSPS) is 31.8. The number of benzene rings is 3. The molecule has 3 aromatic carbocycles. The molecule has 0 radical (unpaired) electrons. The maximum absolute atomic E-state index is 14.3. The monoisotopic (exact) mass is 576 g/mol. The zero-order valence-electron chi connectivity index (χ0n) is 18.0. The molecule has 2 heterocycles. The molecule has 2 aliphatic rings. The third kappa shape index (κ3) is 2.91. The van der Waals surface area contributed by atoms with E-state index >= 15 is 0 Å². The number of hydrogen-bond donors (Lipinski definition) is 0. The summed E-state index contributed by atoms with van der Waals surface area (Å²) in [5, 5.41) is 0.236. The Bertz CT molecular complexity index is 1170. The summed E-state index contributed by atoms with van der Waals surface area (Å²) in [6, 6.07) is 29.5. The molecule has 5 rings (SSSR count). The molecule has 2 fully saturated rings. The maximum Gasteiger partial charge on any atom is 0.212 e. The van der Waals surface area contributed by atoms with E-state index in [9.17, 15) is 4.79 Å². The summed E-state index contributed by atoms with van der Waals surface area (Å²) in [7, 11) is -3.22. The third-order valence-electron chi connectivity index (χ3n) is 6.54. The molecule has 32 heavy (non-hydrogen) atoms. The lowest BCUT2D eigenvalue weighted by atomic mass is 9.90. The predicted molar refractivity (Wildman–Crippen MR) is 148 cm³/mol. The minimum absolute atomic E-state index is 0.236. The van der Waals surface area contributed by atoms with Crippen LogP contribution >= 0.6 is 58.0 Å². The Morgan fingerprint density at radius 2 is 1.34 bits per heavy atom. The molecule has 0 amide bonds. The van der Waals surface area contributed by atoms with E-state index in [1.54, 1.807) is 0 Å². The molecule has 2 saturated heterocycles. The average molecular weight is 578 g/mol. The van der Waals surface area contributed by atoms with E-state index in [0.29, 0.717) is 0 Å². The van der Waals surface area contributed by atoms with Gasteiger partial charge in [0, 0.05) is 11.7 Å². The van der Waals surface area contributed by atoms with Crippen LogP contribution in [0.15, 0.2) is 89.4 Å². The second kappa shape index (κ2) is 8.00. The second-order valence-electron chi connectivity index (χ2n) is 9.23. The first-order chi connectivity index (χ1) is 15.2. The highest BCUT2D eigenvalue weighted by Gasteiger charge is 2.82. The van der Waals surface area contributed by atoms with Gasteiger partial charge in [-0.1, -0.05) is 131 Å². The van der Waals surface area contributed by atoms with Crippen molar-refractivity contribution < 1.29 is 4.79 Å². The molecule has 0 N–H and O–H groups in total. The molecule has 164 valence electrons. The Labute approximate surface area is 213 Å². The van der Waals surface area contributed by atoms with Crippen LogP contribution in [0.25, 0.3) is 0 Å². The van der Waals surface area contributed by atoms with E-state index in [1.807, 2.05) is 23.9 Å². The Kier molecular flexibility index (Phi) is 5.80. The summed E-state index contributed by atoms with van der Waals surface area (Å²) >= 11 is 14.6. The summed E-state index contributed by atoms with van der Waals surface area (Å²) < 4.78 is -0.611. The van der Waals surface area contributed by atoms with Crippen molar-refractivity contribution in [2.75, 3.05) is 0 Å². The quantitative estimate of drug-likeness (QED) is 0.228. The molecular weight excluding hydrogens is 555 g/mol. The number of carbonyl (C=O) groups excluding carboxylic acids is 1. The number of fused-ring (bicyclic) bond motifs is 2. The van der Waals surface area contributed by atoms with Gasteiger partial charge in [0.15, 0.2) is 0 Å². The van der Waals surface area contributed by atoms with Crippen LogP contribution in [0.4, 0.5) is 0 Å². The molecule has 3 aromatic rings. The fraction of sp³-hybridized carbons (Fsp3) is 0.240. The standard InChI is InChI=1S/C25H23BrClOPS2Si/c1-32(2,3)24(19-10-6-4-7-11-19)23(18-14-16-21(26)17-15-18)22(28)30-25(31-23,29(24)27)20-12-8-5-9-13-20/h4-17H,1-3H3/t23-,24?,25-,29?/m1/s1. The summed E-state index contributed by atoms with van der Waals surface area (Å²) in [6.07, 6.45) is 0. The second-order valence-corrected chi connectivity index (χ2v) is 22.2. The van der Waals surface area contributed by atoms with Crippen LogP contribution < -0.4 is 0 Å². The van der Waals surface area contributed by atoms with Crippen LogP contribution in [0, 0.1) is 0 Å². The first-order valence-electron chi connectivity index (χ1n) is 10.5. The van der Waals surface area contributed by atoms with Gasteiger partial charge in [-0.2, -0.15) is 0 Å². The fourth-order valence-electron chi connectivity index (χ4n) is 5.33. The van der Waals surface area contributed by atoms with Crippen LogP contribution in [0.1, 0.15) is 16.7 Å². The predicted octanol–water partition coefficient (Wildman–Crippen LogP) is 8.88. The van der Waals surface area contributed by atoms with Crippen molar-refractivity contribution in [3.05, 3.63) is 106 Å². The van der Waals surface area contributed by atoms with Crippen molar-refractivity contribution in [3.63, 3.8) is 0 Å². The number of halogens is 2. The highest BCUT2D eigenvalue weighted by Crippen LogP contribution is 2.97. The Morgan fingerprint density at radius 1 is 0.812 bits per heavy atom. The molecule has 2 aliphatic heterocycles. The van der Waals surface area contributed by atoms with Gasteiger partial charge in [-0.3, -0.25) is 4.79 Å². The van der Waals surface area contributed by atoms with E-state index < -0.39 is 28.7 Å². The summed E-state index contributed by atoms with van der Waals surface area (Å²) in [5.41, 5.74) is 3.43. The molecule has 0 saturated carbocycles. The molecule has 2 unspecified atom stereocenters. The fourth-order valence-corrected chi connectivity index (χ4v) is 24.0. The van der Waals surface area contributed by atoms with Gasteiger partial charge >= 0.3 is 0 Å². The summed E-state index contributed by atoms with van der Waals surface area (Å²) in [6.45, 7) is 7.16. The van der Waals surface area contributed by atoms with Gasteiger partial charge in [-0.25, -0.2) is 0 Å². The van der Waals surface area contributed by atoms with Crippen LogP contribution in [-0.2, 0) is 18.1 Å². The topological polar surface area (TPSA) is 17.1 Å². The van der Waals surface area contributed by atoms with Crippen molar-refractivity contribution in [1.29, 1.82) is 0 Å². The van der Waals surface area contributed by atoms with Gasteiger partial charge in [-0.05, 0) is 28.8 Å². The zero-order chi connectivity index (χ0) is 22.8. The van der Waals surface area contributed by atoms with Crippen molar-refractivity contribution >= 4 is 71.2 Å². The van der Waals surface area contributed by atoms with Crippen molar-refractivity contribution in [2.24, 2.45) is 0 Å². The van der Waals surface area contributed by atoms with Gasteiger partial charge in [0.1, 0.15) is 8.57 Å². The van der Waals surface area contributed by atoms with Gasteiger partial charge in [0.05, 0.1) is 12.9 Å². The first kappa shape index (κ1) is 23.2. The SMILES string of the molecule is C[Si](C)(C)C1(c2ccccc2)P(Cl)[C@]2(c3ccccc3)SC(=O)[C@@]1(c1ccc(Br)cc1)S2. The van der Waals surface area contributed by atoms with Crippen molar-refractivity contribution in [1.82, 2.24) is 0 Å². The van der Waals surface area contributed by atoms with Gasteiger partial charge in [-0.15, -0.1) is 11.8 Å².